The molecule has 1 aliphatic heterocycles. The first-order valence-electron chi connectivity index (χ1n) is 13.1. The molecule has 0 spiro atoms. The molecule has 1 heterocycles. The van der Waals surface area contributed by atoms with Crippen LogP contribution in [0.3, 0.4) is 0 Å². The van der Waals surface area contributed by atoms with Crippen LogP contribution < -0.4 is 0 Å². The zero-order valence-corrected chi connectivity index (χ0v) is 24.5. The van der Waals surface area contributed by atoms with Gasteiger partial charge in [-0.1, -0.05) is 153 Å². The molecule has 5 rings (SSSR count). The highest BCUT2D eigenvalue weighted by Crippen LogP contribution is 2.54. The summed E-state index contributed by atoms with van der Waals surface area (Å²) in [6, 6.07) is 40.5. The first kappa shape index (κ1) is 25.4. The first-order valence-corrected chi connectivity index (χ1v) is 19.6. The van der Waals surface area contributed by atoms with E-state index in [-0.39, 0.29) is 0 Å². The Kier molecular flexibility index (Phi) is 6.80. The maximum absolute atomic E-state index is 12.2. The minimum Gasteiger partial charge on any atom is -0.384 e. The molecule has 0 saturated heterocycles. The molecule has 1 nitrogen and oxygen atoms in total. The Bertz CT molecular complexity index is 1440. The highest BCUT2D eigenvalue weighted by molar-refractivity contribution is 7.11. The lowest BCUT2D eigenvalue weighted by Gasteiger charge is -2.35. The Morgan fingerprint density at radius 3 is 1.41 bits per heavy atom. The number of hydrogen-bond acceptors (Lipinski definition) is 1. The molecule has 0 amide bonds. The third-order valence-corrected chi connectivity index (χ3v) is 16.8. The normalized spacial score (nSPS) is 16.3. The van der Waals surface area contributed by atoms with Crippen LogP contribution in [0.15, 0.2) is 125 Å². The first-order chi connectivity index (χ1) is 17.7. The smallest absolute Gasteiger partial charge is 0.104 e. The van der Waals surface area contributed by atoms with Gasteiger partial charge in [-0.05, 0) is 44.2 Å². The average molecular weight is 517 g/mol. The van der Waals surface area contributed by atoms with Crippen LogP contribution in [0.4, 0.5) is 0 Å². The van der Waals surface area contributed by atoms with E-state index in [4.69, 9.17) is 0 Å². The molecule has 0 radical (unpaired) electrons. The van der Waals surface area contributed by atoms with Gasteiger partial charge >= 0.3 is 0 Å². The number of hydrogen-bond donors (Lipinski definition) is 1. The summed E-state index contributed by atoms with van der Waals surface area (Å²) in [7, 11) is -3.91. The van der Waals surface area contributed by atoms with Crippen molar-refractivity contribution in [2.75, 3.05) is 0 Å². The topological polar surface area (TPSA) is 20.2 Å². The van der Waals surface area contributed by atoms with E-state index in [0.29, 0.717) is 0 Å². The van der Waals surface area contributed by atoms with Crippen molar-refractivity contribution in [1.29, 1.82) is 0 Å². The number of aliphatic hydroxyl groups excluding tert-OH is 1. The fourth-order valence-electron chi connectivity index (χ4n) is 6.26. The summed E-state index contributed by atoms with van der Waals surface area (Å²) in [6.45, 7) is 12.3. The molecule has 0 saturated carbocycles. The average Bonchev–Trinajstić information content (AvgIpc) is 3.17. The van der Waals surface area contributed by atoms with Gasteiger partial charge in [0.1, 0.15) is 8.07 Å². The Hall–Kier alpha value is -3.25. The van der Waals surface area contributed by atoms with E-state index >= 15 is 0 Å². The molecular formula is C34H36OSi2. The van der Waals surface area contributed by atoms with E-state index in [1.54, 1.807) is 4.82 Å². The van der Waals surface area contributed by atoms with Crippen molar-refractivity contribution in [1.82, 2.24) is 0 Å². The molecule has 37 heavy (non-hydrogen) atoms. The van der Waals surface area contributed by atoms with Gasteiger partial charge in [0.2, 0.25) is 0 Å². The van der Waals surface area contributed by atoms with E-state index in [1.807, 2.05) is 6.07 Å². The number of benzene rings is 4. The zero-order valence-electron chi connectivity index (χ0n) is 22.5. The van der Waals surface area contributed by atoms with E-state index in [2.05, 4.69) is 142 Å². The lowest BCUT2D eigenvalue weighted by molar-refractivity contribution is 0.223. The van der Waals surface area contributed by atoms with Crippen molar-refractivity contribution < 1.29 is 5.11 Å². The monoisotopic (exact) mass is 516 g/mol. The van der Waals surface area contributed by atoms with E-state index < -0.39 is 22.3 Å². The summed E-state index contributed by atoms with van der Waals surface area (Å²) in [5, 5.41) is 13.4. The van der Waals surface area contributed by atoms with Crippen molar-refractivity contribution in [2.45, 2.75) is 38.8 Å². The molecule has 186 valence electrons. The fraction of sp³-hybridized carbons (Fsp3) is 0.176. The summed E-state index contributed by atoms with van der Waals surface area (Å²) in [5.74, 6) is 0. The second kappa shape index (κ2) is 9.90. The van der Waals surface area contributed by atoms with Crippen LogP contribution in [0.5, 0.6) is 0 Å². The number of rotatable bonds is 6. The second-order valence-corrected chi connectivity index (χ2v) is 21.3. The fourth-order valence-corrected chi connectivity index (χ4v) is 18.1. The molecule has 4 aromatic carbocycles. The van der Waals surface area contributed by atoms with Gasteiger partial charge in [0.15, 0.2) is 0 Å². The van der Waals surface area contributed by atoms with Crippen molar-refractivity contribution in [2.24, 2.45) is 0 Å². The molecule has 0 fully saturated rings. The van der Waals surface area contributed by atoms with Gasteiger partial charge < -0.3 is 5.11 Å². The predicted molar refractivity (Wildman–Crippen MR) is 164 cm³/mol. The van der Waals surface area contributed by atoms with Gasteiger partial charge in [-0.2, -0.15) is 0 Å². The molecular weight excluding hydrogens is 481 g/mol. The van der Waals surface area contributed by atoms with E-state index in [1.165, 1.54) is 38.6 Å². The van der Waals surface area contributed by atoms with Crippen molar-refractivity contribution in [3.8, 4) is 11.1 Å². The van der Waals surface area contributed by atoms with Crippen molar-refractivity contribution in [3.05, 3.63) is 142 Å². The second-order valence-electron chi connectivity index (χ2n) is 11.5. The molecule has 1 unspecified atom stereocenters. The van der Waals surface area contributed by atoms with Crippen molar-refractivity contribution >= 4 is 27.3 Å². The van der Waals surface area contributed by atoms with Crippen LogP contribution in [0.25, 0.3) is 22.3 Å². The molecule has 0 aliphatic carbocycles. The maximum Gasteiger partial charge on any atom is 0.104 e. The van der Waals surface area contributed by atoms with Crippen LogP contribution in [-0.4, -0.2) is 21.3 Å². The van der Waals surface area contributed by atoms with Crippen LogP contribution >= 0.6 is 0 Å². The van der Waals surface area contributed by atoms with Crippen LogP contribution in [-0.2, 0) is 0 Å². The summed E-state index contributed by atoms with van der Waals surface area (Å²) in [5.41, 5.74) is 8.41. The Morgan fingerprint density at radius 2 is 0.946 bits per heavy atom. The molecule has 1 aliphatic rings. The molecule has 3 heteroatoms. The molecule has 1 N–H and O–H groups in total. The van der Waals surface area contributed by atoms with Gasteiger partial charge in [0.05, 0.1) is 14.2 Å². The highest BCUT2D eigenvalue weighted by atomic mass is 28.4. The van der Waals surface area contributed by atoms with Crippen LogP contribution in [0, 0.1) is 0 Å². The molecule has 0 bridgehead atoms. The van der Waals surface area contributed by atoms with Crippen LogP contribution in [0.1, 0.15) is 22.8 Å². The Balaban J connectivity index is 1.72. The summed E-state index contributed by atoms with van der Waals surface area (Å²) in [6.07, 6.45) is -0.644. The largest absolute Gasteiger partial charge is 0.384 e. The lowest BCUT2D eigenvalue weighted by atomic mass is 9.91. The summed E-state index contributed by atoms with van der Waals surface area (Å²) < 4.78 is 0. The minimum absolute atomic E-state index is 0.644. The lowest BCUT2D eigenvalue weighted by Crippen LogP contribution is -2.43. The van der Waals surface area contributed by atoms with E-state index in [0.717, 1.165) is 5.56 Å². The van der Waals surface area contributed by atoms with Crippen LogP contribution in [0.2, 0.25) is 32.7 Å². The summed E-state index contributed by atoms with van der Waals surface area (Å²) in [4.78, 5) is 1.64. The Morgan fingerprint density at radius 1 is 0.541 bits per heavy atom. The molecule has 1 atom stereocenters. The van der Waals surface area contributed by atoms with E-state index in [9.17, 15) is 5.11 Å². The number of aliphatic hydroxyl groups is 1. The Labute approximate surface area is 223 Å². The van der Waals surface area contributed by atoms with Gasteiger partial charge in [0.25, 0.3) is 0 Å². The van der Waals surface area contributed by atoms with Gasteiger partial charge in [-0.25, -0.2) is 0 Å². The SMILES string of the molecule is C[Si](C)(C)C1=C(c2ccccc2)C(c2ccccc2)=C(C(O)c2ccc(-c3ccccc3)cc2)[Si]1(C)C. The predicted octanol–water partition coefficient (Wildman–Crippen LogP) is 8.97. The summed E-state index contributed by atoms with van der Waals surface area (Å²) >= 11 is 0. The van der Waals surface area contributed by atoms with Gasteiger partial charge in [-0.3, -0.25) is 0 Å². The van der Waals surface area contributed by atoms with Gasteiger partial charge in [0, 0.05) is 0 Å². The van der Waals surface area contributed by atoms with Crippen molar-refractivity contribution in [3.63, 3.8) is 0 Å². The molecule has 0 aromatic heterocycles. The van der Waals surface area contributed by atoms with Gasteiger partial charge in [-0.15, -0.1) is 0 Å². The number of allylic oxidation sites excluding steroid dienone is 2. The zero-order chi connectivity index (χ0) is 26.2. The third-order valence-electron chi connectivity index (χ3n) is 7.55. The standard InChI is InChI=1S/C34H36OSi2/c1-36(2,3)34-31(28-19-13-8-14-20-28)30(27-17-11-7-12-18-27)33(37(34,4)5)32(35)29-23-21-26(22-24-29)25-15-9-6-10-16-25/h6-24,32,35H,1-5H3. The highest BCUT2D eigenvalue weighted by Gasteiger charge is 2.49. The quantitative estimate of drug-likeness (QED) is 0.254. The minimum atomic E-state index is -2.18. The maximum atomic E-state index is 12.2. The molecule has 4 aromatic rings. The third kappa shape index (κ3) is 4.75.